The number of anilines is 1. The van der Waals surface area contributed by atoms with E-state index in [2.05, 4.69) is 10.2 Å². The van der Waals surface area contributed by atoms with Gasteiger partial charge in [0, 0.05) is 43.4 Å². The number of ether oxygens (including phenoxy) is 2. The summed E-state index contributed by atoms with van der Waals surface area (Å²) >= 11 is 6.12. The molecule has 3 aromatic carbocycles. The van der Waals surface area contributed by atoms with E-state index in [-0.39, 0.29) is 12.1 Å². The van der Waals surface area contributed by atoms with Crippen molar-refractivity contribution in [3.05, 3.63) is 94.5 Å². The minimum Gasteiger partial charge on any atom is -0.497 e. The predicted octanol–water partition coefficient (Wildman–Crippen LogP) is 5.76. The molecule has 2 amide bonds. The van der Waals surface area contributed by atoms with Crippen molar-refractivity contribution in [1.82, 2.24) is 9.80 Å². The number of carbonyl (C=O) groups is 1. The first-order chi connectivity index (χ1) is 17.0. The molecule has 1 unspecified atom stereocenters. The molecule has 1 fully saturated rings. The molecular formula is C28H32ClN3O3. The van der Waals surface area contributed by atoms with E-state index in [1.165, 1.54) is 0 Å². The maximum atomic E-state index is 12.7. The number of halogens is 1. The Morgan fingerprint density at radius 1 is 1.00 bits per heavy atom. The second-order valence-corrected chi connectivity index (χ2v) is 9.23. The lowest BCUT2D eigenvalue weighted by Crippen LogP contribution is -2.50. The maximum Gasteiger partial charge on any atom is 0.321 e. The van der Waals surface area contributed by atoms with Crippen LogP contribution < -0.4 is 10.1 Å². The summed E-state index contributed by atoms with van der Waals surface area (Å²) < 4.78 is 11.7. The first kappa shape index (κ1) is 25.0. The van der Waals surface area contributed by atoms with Gasteiger partial charge in [-0.2, -0.15) is 0 Å². The van der Waals surface area contributed by atoms with Gasteiger partial charge in [-0.1, -0.05) is 48.0 Å². The van der Waals surface area contributed by atoms with E-state index in [9.17, 15) is 4.79 Å². The summed E-state index contributed by atoms with van der Waals surface area (Å²) in [7, 11) is 1.66. The Balaban J connectivity index is 1.35. The number of amides is 2. The largest absolute Gasteiger partial charge is 0.497 e. The number of hydrogen-bond acceptors (Lipinski definition) is 4. The molecule has 6 nitrogen and oxygen atoms in total. The third-order valence-electron chi connectivity index (χ3n) is 6.18. The van der Waals surface area contributed by atoms with E-state index < -0.39 is 0 Å². The van der Waals surface area contributed by atoms with Gasteiger partial charge < -0.3 is 19.7 Å². The number of nitrogens with zero attached hydrogens (tertiary/aromatic N) is 2. The molecule has 1 aliphatic heterocycles. The van der Waals surface area contributed by atoms with Crippen LogP contribution in [0.5, 0.6) is 5.75 Å². The first-order valence-electron chi connectivity index (χ1n) is 11.8. The fraction of sp³-hybridized carbons (Fsp3) is 0.321. The molecule has 0 aromatic heterocycles. The monoisotopic (exact) mass is 493 g/mol. The van der Waals surface area contributed by atoms with Crippen molar-refractivity contribution < 1.29 is 14.3 Å². The van der Waals surface area contributed by atoms with Gasteiger partial charge >= 0.3 is 6.03 Å². The number of urea groups is 1. The summed E-state index contributed by atoms with van der Waals surface area (Å²) in [5, 5.41) is 3.71. The molecule has 0 saturated carbocycles. The van der Waals surface area contributed by atoms with Crippen LogP contribution in [0.15, 0.2) is 72.8 Å². The van der Waals surface area contributed by atoms with Crippen LogP contribution in [0.25, 0.3) is 0 Å². The lowest BCUT2D eigenvalue weighted by Gasteiger charge is -2.36. The van der Waals surface area contributed by atoms with Gasteiger partial charge in [-0.25, -0.2) is 4.79 Å². The summed E-state index contributed by atoms with van der Waals surface area (Å²) in [5.74, 6) is 0.814. The van der Waals surface area contributed by atoms with Crippen molar-refractivity contribution in [2.24, 2.45) is 0 Å². The van der Waals surface area contributed by atoms with Gasteiger partial charge in [0.1, 0.15) is 5.75 Å². The number of aryl methyl sites for hydroxylation is 1. The zero-order chi connectivity index (χ0) is 24.6. The summed E-state index contributed by atoms with van der Waals surface area (Å²) in [6.45, 7) is 6.13. The Morgan fingerprint density at radius 2 is 1.74 bits per heavy atom. The smallest absolute Gasteiger partial charge is 0.321 e. The molecule has 4 rings (SSSR count). The molecule has 0 spiro atoms. The fourth-order valence-corrected chi connectivity index (χ4v) is 4.31. The third kappa shape index (κ3) is 7.21. The Hall–Kier alpha value is -3.06. The molecule has 3 aromatic rings. The van der Waals surface area contributed by atoms with Crippen LogP contribution >= 0.6 is 11.6 Å². The average Bonchev–Trinajstić information content (AvgIpc) is 2.87. The second-order valence-electron chi connectivity index (χ2n) is 8.79. The van der Waals surface area contributed by atoms with Gasteiger partial charge in [-0.05, 0) is 60.0 Å². The van der Waals surface area contributed by atoms with Crippen LogP contribution in [0.4, 0.5) is 10.5 Å². The topological polar surface area (TPSA) is 54.0 Å². The Labute approximate surface area is 212 Å². The third-order valence-corrected chi connectivity index (χ3v) is 6.43. The van der Waals surface area contributed by atoms with Crippen LogP contribution in [-0.2, 0) is 11.3 Å². The number of carbonyl (C=O) groups excluding carboxylic acids is 1. The van der Waals surface area contributed by atoms with E-state index in [1.54, 1.807) is 7.11 Å². The Bertz CT molecular complexity index is 1110. The quantitative estimate of drug-likeness (QED) is 0.433. The number of nitrogens with one attached hydrogen (secondary N) is 1. The fourth-order valence-electron chi connectivity index (χ4n) is 4.18. The molecule has 1 heterocycles. The number of hydrogen-bond donors (Lipinski definition) is 1. The molecule has 1 saturated heterocycles. The van der Waals surface area contributed by atoms with Gasteiger partial charge in [0.05, 0.1) is 19.8 Å². The molecule has 0 aliphatic carbocycles. The van der Waals surface area contributed by atoms with Crippen molar-refractivity contribution in [1.29, 1.82) is 0 Å². The lowest BCUT2D eigenvalue weighted by atomic mass is 10.1. The van der Waals surface area contributed by atoms with Gasteiger partial charge in [-0.3, -0.25) is 4.90 Å². The van der Waals surface area contributed by atoms with Crippen molar-refractivity contribution >= 4 is 23.3 Å². The van der Waals surface area contributed by atoms with E-state index >= 15 is 0 Å². The SMILES string of the molecule is COc1cccc(COC(CN2CCN(C(=O)Nc3cccc(C)c3)CC2)c2ccc(Cl)cc2)c1. The lowest BCUT2D eigenvalue weighted by molar-refractivity contribution is 0.00588. The molecular weight excluding hydrogens is 462 g/mol. The molecule has 184 valence electrons. The number of methoxy groups -OCH3 is 1. The van der Waals surface area contributed by atoms with Gasteiger partial charge in [0.15, 0.2) is 0 Å². The van der Waals surface area contributed by atoms with Crippen LogP contribution in [0, 0.1) is 6.92 Å². The minimum absolute atomic E-state index is 0.0567. The Morgan fingerprint density at radius 3 is 2.46 bits per heavy atom. The van der Waals surface area contributed by atoms with E-state index in [4.69, 9.17) is 21.1 Å². The van der Waals surface area contributed by atoms with E-state index in [0.717, 1.165) is 47.8 Å². The van der Waals surface area contributed by atoms with Gasteiger partial charge in [0.25, 0.3) is 0 Å². The van der Waals surface area contributed by atoms with Crippen LogP contribution in [0.1, 0.15) is 22.8 Å². The predicted molar refractivity (Wildman–Crippen MR) is 140 cm³/mol. The number of piperazine rings is 1. The summed E-state index contributed by atoms with van der Waals surface area (Å²) in [6.07, 6.45) is -0.119. The van der Waals surface area contributed by atoms with E-state index in [1.807, 2.05) is 84.6 Å². The highest BCUT2D eigenvalue weighted by molar-refractivity contribution is 6.30. The first-order valence-corrected chi connectivity index (χ1v) is 12.2. The molecule has 0 bridgehead atoms. The van der Waals surface area contributed by atoms with Crippen LogP contribution in [0.2, 0.25) is 5.02 Å². The molecule has 7 heteroatoms. The van der Waals surface area contributed by atoms with Gasteiger partial charge in [-0.15, -0.1) is 0 Å². The summed E-state index contributed by atoms with van der Waals surface area (Å²) in [5.41, 5.74) is 4.08. The minimum atomic E-state index is -0.119. The highest BCUT2D eigenvalue weighted by atomic mass is 35.5. The maximum absolute atomic E-state index is 12.7. The molecule has 35 heavy (non-hydrogen) atoms. The molecule has 0 radical (unpaired) electrons. The highest BCUT2D eigenvalue weighted by Gasteiger charge is 2.24. The van der Waals surface area contributed by atoms with Crippen molar-refractivity contribution in [2.75, 3.05) is 45.2 Å². The van der Waals surface area contributed by atoms with E-state index in [0.29, 0.717) is 24.7 Å². The number of rotatable bonds is 8. The second kappa shape index (κ2) is 12.1. The van der Waals surface area contributed by atoms with Gasteiger partial charge in [0.2, 0.25) is 0 Å². The van der Waals surface area contributed by atoms with Crippen molar-refractivity contribution in [3.63, 3.8) is 0 Å². The Kier molecular flexibility index (Phi) is 8.64. The zero-order valence-corrected chi connectivity index (χ0v) is 21.0. The van der Waals surface area contributed by atoms with Crippen molar-refractivity contribution in [2.45, 2.75) is 19.6 Å². The zero-order valence-electron chi connectivity index (χ0n) is 20.2. The standard InChI is InChI=1S/C28H32ClN3O3/c1-21-5-3-7-25(17-21)30-28(33)32-15-13-31(14-16-32)19-27(23-9-11-24(29)12-10-23)35-20-22-6-4-8-26(18-22)34-2/h3-12,17-18,27H,13-16,19-20H2,1-2H3,(H,30,33). The molecule has 1 N–H and O–H groups in total. The number of benzene rings is 3. The van der Waals surface area contributed by atoms with Crippen LogP contribution in [0.3, 0.4) is 0 Å². The van der Waals surface area contributed by atoms with Crippen LogP contribution in [-0.4, -0.2) is 55.7 Å². The average molecular weight is 494 g/mol. The highest BCUT2D eigenvalue weighted by Crippen LogP contribution is 2.24. The van der Waals surface area contributed by atoms with Crippen molar-refractivity contribution in [3.8, 4) is 5.75 Å². The normalized spacial score (nSPS) is 15.0. The molecule has 1 atom stereocenters. The summed E-state index contributed by atoms with van der Waals surface area (Å²) in [6, 6.07) is 23.5. The summed E-state index contributed by atoms with van der Waals surface area (Å²) in [4.78, 5) is 16.9. The molecule has 1 aliphatic rings.